The molecule has 0 aliphatic carbocycles. The van der Waals surface area contributed by atoms with Crippen molar-refractivity contribution in [3.63, 3.8) is 0 Å². The molecule has 1 aliphatic rings. The summed E-state index contributed by atoms with van der Waals surface area (Å²) >= 11 is 0. The van der Waals surface area contributed by atoms with Crippen LogP contribution >= 0.6 is 0 Å². The second kappa shape index (κ2) is 5.50. The second-order valence-corrected chi connectivity index (χ2v) is 4.96. The molecule has 1 saturated heterocycles. The summed E-state index contributed by atoms with van der Waals surface area (Å²) < 4.78 is 19.4. The van der Waals surface area contributed by atoms with Gasteiger partial charge in [0.1, 0.15) is 6.10 Å². The molecule has 17 heavy (non-hydrogen) atoms. The molecule has 1 heterocycles. The molecule has 1 aromatic rings. The van der Waals surface area contributed by atoms with E-state index in [-0.39, 0.29) is 11.9 Å². The molecule has 0 bridgehead atoms. The molecule has 2 rings (SSSR count). The summed E-state index contributed by atoms with van der Waals surface area (Å²) in [4.78, 5) is 0. The van der Waals surface area contributed by atoms with Crippen LogP contribution in [0, 0.1) is 11.7 Å². The molecule has 94 valence electrons. The van der Waals surface area contributed by atoms with Crippen LogP contribution in [0.1, 0.15) is 26.7 Å². The quantitative estimate of drug-likeness (QED) is 0.869. The lowest BCUT2D eigenvalue weighted by Crippen LogP contribution is -2.42. The molecule has 0 amide bonds. The molecule has 3 heteroatoms. The Morgan fingerprint density at radius 1 is 1.35 bits per heavy atom. The van der Waals surface area contributed by atoms with Crippen molar-refractivity contribution in [2.24, 2.45) is 5.92 Å². The molecular formula is C14H20FNO. The first-order chi connectivity index (χ1) is 8.18. The Labute approximate surface area is 102 Å². The van der Waals surface area contributed by atoms with Crippen LogP contribution in [0.3, 0.4) is 0 Å². The van der Waals surface area contributed by atoms with Gasteiger partial charge in [-0.3, -0.25) is 0 Å². The number of rotatable bonds is 4. The molecule has 2 nitrogen and oxygen atoms in total. The monoisotopic (exact) mass is 237 g/mol. The minimum absolute atomic E-state index is 0.0365. The zero-order valence-corrected chi connectivity index (χ0v) is 10.4. The zero-order chi connectivity index (χ0) is 12.3. The van der Waals surface area contributed by atoms with E-state index in [1.165, 1.54) is 12.5 Å². The summed E-state index contributed by atoms with van der Waals surface area (Å²) in [7, 11) is 0. The molecule has 0 aromatic heterocycles. The largest absolute Gasteiger partial charge is 0.485 e. The maximum absolute atomic E-state index is 13.6. The molecule has 2 atom stereocenters. The SMILES string of the molecule is CC(C)C(Oc1ccccc1F)C1CCCN1. The Balaban J connectivity index is 2.10. The molecule has 1 aliphatic heterocycles. The lowest BCUT2D eigenvalue weighted by molar-refractivity contribution is 0.110. The Hall–Kier alpha value is -1.09. The van der Waals surface area contributed by atoms with E-state index in [1.807, 2.05) is 0 Å². The minimum Gasteiger partial charge on any atom is -0.485 e. The van der Waals surface area contributed by atoms with Crippen LogP contribution in [0.4, 0.5) is 4.39 Å². The Morgan fingerprint density at radius 3 is 2.71 bits per heavy atom. The third kappa shape index (κ3) is 2.97. The lowest BCUT2D eigenvalue weighted by Gasteiger charge is -2.28. The van der Waals surface area contributed by atoms with Crippen molar-refractivity contribution in [3.8, 4) is 5.75 Å². The highest BCUT2D eigenvalue weighted by molar-refractivity contribution is 5.24. The van der Waals surface area contributed by atoms with E-state index in [2.05, 4.69) is 19.2 Å². The van der Waals surface area contributed by atoms with Crippen molar-refractivity contribution in [2.75, 3.05) is 6.54 Å². The van der Waals surface area contributed by atoms with Crippen molar-refractivity contribution < 1.29 is 9.13 Å². The van der Waals surface area contributed by atoms with E-state index >= 15 is 0 Å². The summed E-state index contributed by atoms with van der Waals surface area (Å²) in [6.07, 6.45) is 2.32. The smallest absolute Gasteiger partial charge is 0.165 e. The van der Waals surface area contributed by atoms with Gasteiger partial charge in [0.15, 0.2) is 11.6 Å². The molecule has 1 N–H and O–H groups in total. The van der Waals surface area contributed by atoms with Gasteiger partial charge in [-0.2, -0.15) is 0 Å². The maximum Gasteiger partial charge on any atom is 0.165 e. The second-order valence-electron chi connectivity index (χ2n) is 4.96. The summed E-state index contributed by atoms with van der Waals surface area (Å²) in [5.41, 5.74) is 0. The maximum atomic E-state index is 13.6. The number of ether oxygens (including phenoxy) is 1. The molecule has 1 fully saturated rings. The number of nitrogens with one attached hydrogen (secondary N) is 1. The van der Waals surface area contributed by atoms with E-state index in [9.17, 15) is 4.39 Å². The van der Waals surface area contributed by atoms with E-state index in [0.29, 0.717) is 17.7 Å². The van der Waals surface area contributed by atoms with Crippen LogP contribution < -0.4 is 10.1 Å². The van der Waals surface area contributed by atoms with Gasteiger partial charge in [-0.15, -0.1) is 0 Å². The number of hydrogen-bond acceptors (Lipinski definition) is 2. The fraction of sp³-hybridized carbons (Fsp3) is 0.571. The first-order valence-corrected chi connectivity index (χ1v) is 6.33. The fourth-order valence-electron chi connectivity index (χ4n) is 2.36. The fourth-order valence-corrected chi connectivity index (χ4v) is 2.36. The Morgan fingerprint density at radius 2 is 2.12 bits per heavy atom. The normalized spacial score (nSPS) is 21.8. The third-order valence-electron chi connectivity index (χ3n) is 3.25. The van der Waals surface area contributed by atoms with Crippen LogP contribution in [-0.2, 0) is 0 Å². The van der Waals surface area contributed by atoms with Gasteiger partial charge >= 0.3 is 0 Å². The minimum atomic E-state index is -0.281. The Kier molecular flexibility index (Phi) is 4.00. The molecule has 0 spiro atoms. The predicted molar refractivity (Wildman–Crippen MR) is 66.7 cm³/mol. The number of hydrogen-bond donors (Lipinski definition) is 1. The van der Waals surface area contributed by atoms with Crippen molar-refractivity contribution >= 4 is 0 Å². The topological polar surface area (TPSA) is 21.3 Å². The molecule has 0 saturated carbocycles. The van der Waals surface area contributed by atoms with Crippen LogP contribution in [0.5, 0.6) is 5.75 Å². The summed E-state index contributed by atoms with van der Waals surface area (Å²) in [5, 5.41) is 3.43. The molecule has 1 aromatic carbocycles. The van der Waals surface area contributed by atoms with E-state index in [1.54, 1.807) is 18.2 Å². The van der Waals surface area contributed by atoms with Gasteiger partial charge < -0.3 is 10.1 Å². The van der Waals surface area contributed by atoms with Crippen LogP contribution in [-0.4, -0.2) is 18.7 Å². The molecule has 2 unspecified atom stereocenters. The lowest BCUT2D eigenvalue weighted by atomic mass is 9.98. The zero-order valence-electron chi connectivity index (χ0n) is 10.4. The predicted octanol–water partition coefficient (Wildman–Crippen LogP) is 2.98. The van der Waals surface area contributed by atoms with Gasteiger partial charge in [-0.05, 0) is 37.4 Å². The van der Waals surface area contributed by atoms with Crippen molar-refractivity contribution in [1.82, 2.24) is 5.32 Å². The molecule has 0 radical (unpaired) electrons. The highest BCUT2D eigenvalue weighted by Crippen LogP contribution is 2.24. The van der Waals surface area contributed by atoms with Crippen LogP contribution in [0.15, 0.2) is 24.3 Å². The van der Waals surface area contributed by atoms with Crippen LogP contribution in [0.25, 0.3) is 0 Å². The van der Waals surface area contributed by atoms with Gasteiger partial charge in [0, 0.05) is 6.04 Å². The van der Waals surface area contributed by atoms with Gasteiger partial charge in [0.25, 0.3) is 0 Å². The average molecular weight is 237 g/mol. The summed E-state index contributed by atoms with van der Waals surface area (Å²) in [6.45, 7) is 5.27. The highest BCUT2D eigenvalue weighted by Gasteiger charge is 2.29. The molecular weight excluding hydrogens is 217 g/mol. The highest BCUT2D eigenvalue weighted by atomic mass is 19.1. The number of halogens is 1. The number of para-hydroxylation sites is 1. The van der Waals surface area contributed by atoms with E-state index in [4.69, 9.17) is 4.74 Å². The first kappa shape index (κ1) is 12.4. The van der Waals surface area contributed by atoms with E-state index < -0.39 is 0 Å². The Bertz CT molecular complexity index is 361. The van der Waals surface area contributed by atoms with Crippen molar-refractivity contribution in [3.05, 3.63) is 30.1 Å². The van der Waals surface area contributed by atoms with Gasteiger partial charge in [-0.25, -0.2) is 4.39 Å². The van der Waals surface area contributed by atoms with Crippen molar-refractivity contribution in [1.29, 1.82) is 0 Å². The summed E-state index contributed by atoms with van der Waals surface area (Å²) in [6, 6.07) is 6.96. The van der Waals surface area contributed by atoms with Crippen molar-refractivity contribution in [2.45, 2.75) is 38.8 Å². The first-order valence-electron chi connectivity index (χ1n) is 6.33. The summed E-state index contributed by atoms with van der Waals surface area (Å²) in [5.74, 6) is 0.446. The number of benzene rings is 1. The standard InChI is InChI=1S/C14H20FNO/c1-10(2)14(12-7-5-9-16-12)17-13-8-4-3-6-11(13)15/h3-4,6,8,10,12,14,16H,5,7,9H2,1-2H3. The van der Waals surface area contributed by atoms with Crippen LogP contribution in [0.2, 0.25) is 0 Å². The third-order valence-corrected chi connectivity index (χ3v) is 3.25. The van der Waals surface area contributed by atoms with Gasteiger partial charge in [-0.1, -0.05) is 26.0 Å². The van der Waals surface area contributed by atoms with Gasteiger partial charge in [0.05, 0.1) is 0 Å². The average Bonchev–Trinajstić information content (AvgIpc) is 2.81. The van der Waals surface area contributed by atoms with E-state index in [0.717, 1.165) is 13.0 Å². The van der Waals surface area contributed by atoms with Gasteiger partial charge in [0.2, 0.25) is 0 Å².